The SMILES string of the molecule is CC(C)Cn1ncnc1CC1CNCCC1C. The van der Waals surface area contributed by atoms with E-state index in [0.717, 1.165) is 37.8 Å². The van der Waals surface area contributed by atoms with E-state index in [2.05, 4.69) is 40.9 Å². The fourth-order valence-electron chi connectivity index (χ4n) is 2.51. The van der Waals surface area contributed by atoms with Gasteiger partial charge in [-0.1, -0.05) is 20.8 Å². The molecule has 0 aromatic carbocycles. The molecular formula is C13H24N4. The van der Waals surface area contributed by atoms with Gasteiger partial charge in [-0.05, 0) is 37.3 Å². The molecule has 4 nitrogen and oxygen atoms in total. The molecule has 0 spiro atoms. The van der Waals surface area contributed by atoms with Gasteiger partial charge in [0, 0.05) is 13.0 Å². The molecule has 2 atom stereocenters. The van der Waals surface area contributed by atoms with Crippen molar-refractivity contribution in [2.24, 2.45) is 17.8 Å². The molecule has 1 aliphatic heterocycles. The second-order valence-electron chi connectivity index (χ2n) is 5.69. The Kier molecular flexibility index (Phi) is 4.15. The highest BCUT2D eigenvalue weighted by Crippen LogP contribution is 2.21. The highest BCUT2D eigenvalue weighted by molar-refractivity contribution is 4.91. The van der Waals surface area contributed by atoms with Gasteiger partial charge < -0.3 is 5.32 Å². The van der Waals surface area contributed by atoms with E-state index in [-0.39, 0.29) is 0 Å². The maximum atomic E-state index is 4.42. The Labute approximate surface area is 104 Å². The van der Waals surface area contributed by atoms with Gasteiger partial charge in [-0.2, -0.15) is 5.10 Å². The Morgan fingerprint density at radius 1 is 1.53 bits per heavy atom. The molecule has 1 saturated heterocycles. The largest absolute Gasteiger partial charge is 0.316 e. The van der Waals surface area contributed by atoms with E-state index in [1.165, 1.54) is 6.42 Å². The molecule has 17 heavy (non-hydrogen) atoms. The van der Waals surface area contributed by atoms with Gasteiger partial charge >= 0.3 is 0 Å². The van der Waals surface area contributed by atoms with E-state index in [1.54, 1.807) is 6.33 Å². The molecule has 1 aromatic rings. The van der Waals surface area contributed by atoms with E-state index < -0.39 is 0 Å². The zero-order valence-electron chi connectivity index (χ0n) is 11.2. The predicted molar refractivity (Wildman–Crippen MR) is 68.7 cm³/mol. The lowest BCUT2D eigenvalue weighted by Crippen LogP contribution is -2.37. The summed E-state index contributed by atoms with van der Waals surface area (Å²) in [5, 5.41) is 7.81. The first-order chi connectivity index (χ1) is 8.16. The highest BCUT2D eigenvalue weighted by atomic mass is 15.3. The number of aromatic nitrogens is 3. The van der Waals surface area contributed by atoms with Crippen molar-refractivity contribution in [2.45, 2.75) is 40.2 Å². The van der Waals surface area contributed by atoms with Gasteiger partial charge in [0.05, 0.1) is 0 Å². The van der Waals surface area contributed by atoms with Crippen LogP contribution >= 0.6 is 0 Å². The predicted octanol–water partition coefficient (Wildman–Crippen LogP) is 1.72. The molecule has 1 aromatic heterocycles. The van der Waals surface area contributed by atoms with Crippen LogP contribution in [0, 0.1) is 17.8 Å². The Morgan fingerprint density at radius 3 is 3.06 bits per heavy atom. The lowest BCUT2D eigenvalue weighted by atomic mass is 9.85. The molecule has 0 bridgehead atoms. The smallest absolute Gasteiger partial charge is 0.138 e. The van der Waals surface area contributed by atoms with Crippen molar-refractivity contribution in [3.63, 3.8) is 0 Å². The summed E-state index contributed by atoms with van der Waals surface area (Å²) in [5.74, 6) is 3.27. The van der Waals surface area contributed by atoms with E-state index in [1.807, 2.05) is 0 Å². The fraction of sp³-hybridized carbons (Fsp3) is 0.846. The summed E-state index contributed by atoms with van der Waals surface area (Å²) < 4.78 is 2.08. The van der Waals surface area contributed by atoms with Crippen molar-refractivity contribution in [1.29, 1.82) is 0 Å². The lowest BCUT2D eigenvalue weighted by molar-refractivity contribution is 0.265. The van der Waals surface area contributed by atoms with Crippen LogP contribution in [-0.2, 0) is 13.0 Å². The van der Waals surface area contributed by atoms with E-state index in [0.29, 0.717) is 11.8 Å². The first kappa shape index (κ1) is 12.6. The Hall–Kier alpha value is -0.900. The minimum Gasteiger partial charge on any atom is -0.316 e. The van der Waals surface area contributed by atoms with Gasteiger partial charge in [-0.3, -0.25) is 0 Å². The Morgan fingerprint density at radius 2 is 2.35 bits per heavy atom. The molecule has 0 saturated carbocycles. The van der Waals surface area contributed by atoms with Crippen LogP contribution in [0.2, 0.25) is 0 Å². The number of rotatable bonds is 4. The average molecular weight is 236 g/mol. The van der Waals surface area contributed by atoms with Gasteiger partial charge in [0.25, 0.3) is 0 Å². The molecule has 2 rings (SSSR count). The monoisotopic (exact) mass is 236 g/mol. The van der Waals surface area contributed by atoms with Gasteiger partial charge in [0.2, 0.25) is 0 Å². The number of nitrogens with zero attached hydrogens (tertiary/aromatic N) is 3. The summed E-state index contributed by atoms with van der Waals surface area (Å²) in [6.45, 7) is 10.1. The summed E-state index contributed by atoms with van der Waals surface area (Å²) in [7, 11) is 0. The number of hydrogen-bond acceptors (Lipinski definition) is 3. The number of hydrogen-bond donors (Lipinski definition) is 1. The van der Waals surface area contributed by atoms with Gasteiger partial charge in [-0.15, -0.1) is 0 Å². The summed E-state index contributed by atoms with van der Waals surface area (Å²) >= 11 is 0. The second kappa shape index (κ2) is 5.63. The van der Waals surface area contributed by atoms with Crippen LogP contribution in [0.4, 0.5) is 0 Å². The Bertz CT molecular complexity index is 345. The molecular weight excluding hydrogens is 212 g/mol. The van der Waals surface area contributed by atoms with Crippen LogP contribution in [0.1, 0.15) is 33.0 Å². The van der Waals surface area contributed by atoms with Gasteiger partial charge in [-0.25, -0.2) is 9.67 Å². The molecule has 0 aliphatic carbocycles. The standard InChI is InChI=1S/C13H24N4/c1-10(2)8-17-13(15-9-16-17)6-12-7-14-5-4-11(12)3/h9-12,14H,4-8H2,1-3H3. The molecule has 1 aliphatic rings. The summed E-state index contributed by atoms with van der Waals surface area (Å²) in [4.78, 5) is 4.42. The third kappa shape index (κ3) is 3.28. The molecule has 4 heteroatoms. The third-order valence-corrected chi connectivity index (χ3v) is 3.67. The normalized spacial score (nSPS) is 25.4. The first-order valence-corrected chi connectivity index (χ1v) is 6.74. The van der Waals surface area contributed by atoms with Crippen LogP contribution in [0.15, 0.2) is 6.33 Å². The van der Waals surface area contributed by atoms with E-state index >= 15 is 0 Å². The lowest BCUT2D eigenvalue weighted by Gasteiger charge is -2.29. The van der Waals surface area contributed by atoms with Crippen LogP contribution in [0.25, 0.3) is 0 Å². The minimum absolute atomic E-state index is 0.623. The number of piperidine rings is 1. The average Bonchev–Trinajstić information content (AvgIpc) is 2.68. The summed E-state index contributed by atoms with van der Waals surface area (Å²) in [6, 6.07) is 0. The molecule has 2 heterocycles. The zero-order valence-corrected chi connectivity index (χ0v) is 11.2. The fourth-order valence-corrected chi connectivity index (χ4v) is 2.51. The van der Waals surface area contributed by atoms with Crippen LogP contribution in [0.5, 0.6) is 0 Å². The van der Waals surface area contributed by atoms with Gasteiger partial charge in [0.15, 0.2) is 0 Å². The van der Waals surface area contributed by atoms with E-state index in [4.69, 9.17) is 0 Å². The molecule has 1 N–H and O–H groups in total. The first-order valence-electron chi connectivity index (χ1n) is 6.74. The molecule has 96 valence electrons. The highest BCUT2D eigenvalue weighted by Gasteiger charge is 2.23. The Balaban J connectivity index is 1.99. The quantitative estimate of drug-likeness (QED) is 0.865. The second-order valence-corrected chi connectivity index (χ2v) is 5.69. The van der Waals surface area contributed by atoms with Crippen molar-refractivity contribution in [1.82, 2.24) is 20.1 Å². The van der Waals surface area contributed by atoms with Crippen molar-refractivity contribution in [3.05, 3.63) is 12.2 Å². The van der Waals surface area contributed by atoms with Crippen LogP contribution < -0.4 is 5.32 Å². The molecule has 2 unspecified atom stereocenters. The minimum atomic E-state index is 0.623. The number of nitrogens with one attached hydrogen (secondary N) is 1. The summed E-state index contributed by atoms with van der Waals surface area (Å²) in [5.41, 5.74) is 0. The van der Waals surface area contributed by atoms with Gasteiger partial charge in [0.1, 0.15) is 12.2 Å². The van der Waals surface area contributed by atoms with Crippen LogP contribution in [0.3, 0.4) is 0 Å². The molecule has 0 amide bonds. The molecule has 0 radical (unpaired) electrons. The van der Waals surface area contributed by atoms with Crippen molar-refractivity contribution < 1.29 is 0 Å². The van der Waals surface area contributed by atoms with Crippen molar-refractivity contribution >= 4 is 0 Å². The zero-order chi connectivity index (χ0) is 12.3. The van der Waals surface area contributed by atoms with E-state index in [9.17, 15) is 0 Å². The molecule has 1 fully saturated rings. The maximum absolute atomic E-state index is 4.42. The summed E-state index contributed by atoms with van der Waals surface area (Å²) in [6.07, 6.45) is 4.03. The third-order valence-electron chi connectivity index (χ3n) is 3.67. The van der Waals surface area contributed by atoms with Crippen LogP contribution in [-0.4, -0.2) is 27.9 Å². The van der Waals surface area contributed by atoms with Crippen molar-refractivity contribution in [2.75, 3.05) is 13.1 Å². The van der Waals surface area contributed by atoms with Crippen molar-refractivity contribution in [3.8, 4) is 0 Å². The maximum Gasteiger partial charge on any atom is 0.138 e. The topological polar surface area (TPSA) is 42.7 Å².